The van der Waals surface area contributed by atoms with E-state index in [4.69, 9.17) is 4.74 Å². The van der Waals surface area contributed by atoms with Crippen LogP contribution in [0.4, 0.5) is 0 Å². The van der Waals surface area contributed by atoms with Crippen LogP contribution in [0.15, 0.2) is 11.6 Å². The molecule has 0 spiro atoms. The van der Waals surface area contributed by atoms with Gasteiger partial charge in [-0.3, -0.25) is 9.59 Å². The van der Waals surface area contributed by atoms with Crippen LogP contribution in [0.3, 0.4) is 0 Å². The summed E-state index contributed by atoms with van der Waals surface area (Å²) in [5.41, 5.74) is 0.737. The highest BCUT2D eigenvalue weighted by Crippen LogP contribution is 2.35. The van der Waals surface area contributed by atoms with Crippen molar-refractivity contribution >= 4 is 12.3 Å². The molecule has 3 nitrogen and oxygen atoms in total. The predicted octanol–water partition coefficient (Wildman–Crippen LogP) is 0.447. The first-order valence-electron chi connectivity index (χ1n) is 3.66. The zero-order chi connectivity index (χ0) is 7.84. The maximum Gasteiger partial charge on any atom is 0.306 e. The summed E-state index contributed by atoms with van der Waals surface area (Å²) in [5.74, 6) is -0.118. The van der Waals surface area contributed by atoms with E-state index in [-0.39, 0.29) is 18.0 Å². The minimum Gasteiger partial charge on any atom is -0.461 e. The van der Waals surface area contributed by atoms with Crippen LogP contribution in [-0.4, -0.2) is 18.4 Å². The van der Waals surface area contributed by atoms with Gasteiger partial charge in [0.05, 0.1) is 6.42 Å². The average Bonchev–Trinajstić information content (AvgIpc) is 2.45. The zero-order valence-electron chi connectivity index (χ0n) is 5.95. The van der Waals surface area contributed by atoms with Gasteiger partial charge in [0.15, 0.2) is 0 Å². The van der Waals surface area contributed by atoms with Crippen LogP contribution in [0.5, 0.6) is 0 Å². The van der Waals surface area contributed by atoms with E-state index in [2.05, 4.69) is 0 Å². The molecule has 0 bridgehead atoms. The second kappa shape index (κ2) is 2.19. The molecule has 0 aromatic carbocycles. The standard InChI is InChI=1S/C8H8O3/c9-4-5-1-2-7-6(5)3-8(10)11-7/h1,4,6-7H,2-3H2/t6-,7+/m0/s1. The third-order valence-electron chi connectivity index (χ3n) is 2.27. The van der Waals surface area contributed by atoms with Crippen LogP contribution < -0.4 is 0 Å². The van der Waals surface area contributed by atoms with Gasteiger partial charge < -0.3 is 4.74 Å². The van der Waals surface area contributed by atoms with E-state index in [1.54, 1.807) is 0 Å². The average molecular weight is 152 g/mol. The number of carbonyl (C=O) groups excluding carboxylic acids is 2. The number of aldehydes is 1. The molecule has 2 rings (SSSR count). The Bertz CT molecular complexity index is 242. The minimum absolute atomic E-state index is 0.0392. The van der Waals surface area contributed by atoms with Gasteiger partial charge in [0.1, 0.15) is 12.4 Å². The molecule has 3 heteroatoms. The van der Waals surface area contributed by atoms with Crippen molar-refractivity contribution in [2.24, 2.45) is 5.92 Å². The summed E-state index contributed by atoms with van der Waals surface area (Å²) in [4.78, 5) is 21.2. The first kappa shape index (κ1) is 6.58. The molecule has 0 aromatic heterocycles. The van der Waals surface area contributed by atoms with Crippen LogP contribution in [0, 0.1) is 5.92 Å². The van der Waals surface area contributed by atoms with E-state index in [0.29, 0.717) is 12.8 Å². The summed E-state index contributed by atoms with van der Waals surface area (Å²) in [6, 6.07) is 0. The number of esters is 1. The monoisotopic (exact) mass is 152 g/mol. The Morgan fingerprint density at radius 1 is 1.64 bits per heavy atom. The molecule has 0 N–H and O–H groups in total. The molecule has 1 aliphatic carbocycles. The predicted molar refractivity (Wildman–Crippen MR) is 36.8 cm³/mol. The lowest BCUT2D eigenvalue weighted by molar-refractivity contribution is -0.141. The molecule has 1 heterocycles. The molecule has 0 radical (unpaired) electrons. The second-order valence-electron chi connectivity index (χ2n) is 2.90. The van der Waals surface area contributed by atoms with Gasteiger partial charge in [-0.2, -0.15) is 0 Å². The Morgan fingerprint density at radius 3 is 3.18 bits per heavy atom. The number of ether oxygens (including phenoxy) is 1. The fraction of sp³-hybridized carbons (Fsp3) is 0.500. The normalized spacial score (nSPS) is 34.5. The molecular formula is C8H8O3. The Hall–Kier alpha value is -1.12. The highest BCUT2D eigenvalue weighted by atomic mass is 16.5. The van der Waals surface area contributed by atoms with E-state index in [9.17, 15) is 9.59 Å². The molecule has 1 saturated heterocycles. The quantitative estimate of drug-likeness (QED) is 0.404. The third kappa shape index (κ3) is 0.878. The van der Waals surface area contributed by atoms with Gasteiger partial charge in [-0.05, 0) is 5.57 Å². The summed E-state index contributed by atoms with van der Waals surface area (Å²) < 4.78 is 4.97. The van der Waals surface area contributed by atoms with Crippen molar-refractivity contribution in [3.05, 3.63) is 11.6 Å². The molecular weight excluding hydrogens is 144 g/mol. The lowest BCUT2D eigenvalue weighted by Gasteiger charge is -2.06. The van der Waals surface area contributed by atoms with Gasteiger partial charge in [-0.1, -0.05) is 6.08 Å². The van der Waals surface area contributed by atoms with E-state index in [1.807, 2.05) is 6.08 Å². The first-order valence-corrected chi connectivity index (χ1v) is 3.66. The summed E-state index contributed by atoms with van der Waals surface area (Å²) >= 11 is 0. The lowest BCUT2D eigenvalue weighted by atomic mass is 9.99. The Kier molecular flexibility index (Phi) is 1.31. The fourth-order valence-electron chi connectivity index (χ4n) is 1.69. The summed E-state index contributed by atoms with van der Waals surface area (Å²) in [6.45, 7) is 0. The van der Waals surface area contributed by atoms with Crippen LogP contribution in [-0.2, 0) is 14.3 Å². The topological polar surface area (TPSA) is 43.4 Å². The smallest absolute Gasteiger partial charge is 0.306 e. The highest BCUT2D eigenvalue weighted by molar-refractivity contribution is 5.81. The van der Waals surface area contributed by atoms with Gasteiger partial charge in [-0.15, -0.1) is 0 Å². The van der Waals surface area contributed by atoms with Crippen LogP contribution in [0.1, 0.15) is 12.8 Å². The molecule has 0 unspecified atom stereocenters. The van der Waals surface area contributed by atoms with Crippen LogP contribution >= 0.6 is 0 Å². The van der Waals surface area contributed by atoms with Gasteiger partial charge in [-0.25, -0.2) is 0 Å². The van der Waals surface area contributed by atoms with Crippen molar-refractivity contribution in [3.63, 3.8) is 0 Å². The molecule has 1 fully saturated rings. The minimum atomic E-state index is -0.174. The molecule has 2 atom stereocenters. The van der Waals surface area contributed by atoms with E-state index in [0.717, 1.165) is 11.9 Å². The lowest BCUT2D eigenvalue weighted by Crippen LogP contribution is -2.11. The van der Waals surface area contributed by atoms with E-state index in [1.165, 1.54) is 0 Å². The number of carbonyl (C=O) groups is 2. The van der Waals surface area contributed by atoms with Crippen LogP contribution in [0.25, 0.3) is 0 Å². The molecule has 1 aliphatic heterocycles. The third-order valence-corrected chi connectivity index (χ3v) is 2.27. The summed E-state index contributed by atoms with van der Waals surface area (Å²) in [5, 5.41) is 0. The van der Waals surface area contributed by atoms with Crippen molar-refractivity contribution < 1.29 is 14.3 Å². The maximum atomic E-state index is 10.8. The number of rotatable bonds is 1. The Labute approximate surface area is 64.0 Å². The summed E-state index contributed by atoms with van der Waals surface area (Å²) in [7, 11) is 0. The van der Waals surface area contributed by atoms with E-state index < -0.39 is 0 Å². The Morgan fingerprint density at radius 2 is 2.45 bits per heavy atom. The highest BCUT2D eigenvalue weighted by Gasteiger charge is 2.39. The second-order valence-corrected chi connectivity index (χ2v) is 2.90. The van der Waals surface area contributed by atoms with Crippen molar-refractivity contribution in [2.75, 3.05) is 0 Å². The number of hydrogen-bond acceptors (Lipinski definition) is 3. The van der Waals surface area contributed by atoms with Gasteiger partial charge in [0.2, 0.25) is 0 Å². The molecule has 0 saturated carbocycles. The first-order chi connectivity index (χ1) is 5.31. The van der Waals surface area contributed by atoms with Crippen molar-refractivity contribution in [1.29, 1.82) is 0 Å². The fourth-order valence-corrected chi connectivity index (χ4v) is 1.69. The molecule has 0 amide bonds. The SMILES string of the molecule is O=CC1=CC[C@H]2OC(=O)C[C@@H]12. The number of fused-ring (bicyclic) bond motifs is 1. The van der Waals surface area contributed by atoms with Crippen LogP contribution in [0.2, 0.25) is 0 Å². The molecule has 0 aromatic rings. The maximum absolute atomic E-state index is 10.8. The van der Waals surface area contributed by atoms with Gasteiger partial charge in [0, 0.05) is 12.3 Å². The molecule has 11 heavy (non-hydrogen) atoms. The van der Waals surface area contributed by atoms with Gasteiger partial charge in [0.25, 0.3) is 0 Å². The Balaban J connectivity index is 2.20. The molecule has 2 aliphatic rings. The number of hydrogen-bond donors (Lipinski definition) is 0. The summed E-state index contributed by atoms with van der Waals surface area (Å²) in [6.07, 6.45) is 3.74. The van der Waals surface area contributed by atoms with Crippen molar-refractivity contribution in [2.45, 2.75) is 18.9 Å². The zero-order valence-corrected chi connectivity index (χ0v) is 5.95. The largest absolute Gasteiger partial charge is 0.461 e. The van der Waals surface area contributed by atoms with Crippen molar-refractivity contribution in [3.8, 4) is 0 Å². The molecule has 58 valence electrons. The van der Waals surface area contributed by atoms with Gasteiger partial charge >= 0.3 is 5.97 Å². The van der Waals surface area contributed by atoms with E-state index >= 15 is 0 Å². The van der Waals surface area contributed by atoms with Crippen molar-refractivity contribution in [1.82, 2.24) is 0 Å².